The van der Waals surface area contributed by atoms with Crippen LogP contribution in [0.5, 0.6) is 0 Å². The number of rotatable bonds is 11. The van der Waals surface area contributed by atoms with Crippen molar-refractivity contribution in [1.29, 1.82) is 0 Å². The first-order chi connectivity index (χ1) is 12.9. The van der Waals surface area contributed by atoms with Crippen molar-refractivity contribution in [2.24, 2.45) is 5.73 Å². The van der Waals surface area contributed by atoms with Gasteiger partial charge in [-0.3, -0.25) is 14.4 Å². The van der Waals surface area contributed by atoms with E-state index in [2.05, 4.69) is 21.3 Å². The Balaban J connectivity index is 1.52. The number of nitrogens with two attached hydrogens (primary N) is 1. The van der Waals surface area contributed by atoms with Gasteiger partial charge in [0.25, 0.3) is 0 Å². The fraction of sp³-hybridized carbons (Fsp3) is 0.765. The fourth-order valence-electron chi connectivity index (χ4n) is 3.43. The lowest BCUT2D eigenvalue weighted by molar-refractivity contribution is -0.126. The highest BCUT2D eigenvalue weighted by atomic mass is 32.2. The summed E-state index contributed by atoms with van der Waals surface area (Å²) in [6.45, 7) is 1.78. The van der Waals surface area contributed by atoms with Crippen molar-refractivity contribution in [3.8, 4) is 0 Å². The first-order valence-corrected chi connectivity index (χ1v) is 10.4. The van der Waals surface area contributed by atoms with Crippen LogP contribution in [0.3, 0.4) is 0 Å². The van der Waals surface area contributed by atoms with Gasteiger partial charge in [-0.25, -0.2) is 4.79 Å². The predicted octanol–water partition coefficient (Wildman–Crippen LogP) is -0.401. The predicted molar refractivity (Wildman–Crippen MR) is 103 cm³/mol. The standard InChI is InChI=1S/C17H29N5O4S/c1-10(23)20-11(16(18)25)5-4-8-19-14(24)7-3-2-6-13-15-12(9-27-13)21-17(26)22-15/h11-13,15H,2-9H2,1H3,(H2,18,25)(H,19,24)(H,20,23)(H2,21,22,26). The van der Waals surface area contributed by atoms with Crippen LogP contribution in [0.25, 0.3) is 0 Å². The molecular weight excluding hydrogens is 370 g/mol. The molecule has 2 fully saturated rings. The van der Waals surface area contributed by atoms with Crippen LogP contribution < -0.4 is 27.0 Å². The van der Waals surface area contributed by atoms with Crippen molar-refractivity contribution < 1.29 is 19.2 Å². The highest BCUT2D eigenvalue weighted by Gasteiger charge is 2.42. The van der Waals surface area contributed by atoms with E-state index in [1.807, 2.05) is 11.8 Å². The van der Waals surface area contributed by atoms with E-state index in [0.29, 0.717) is 31.1 Å². The molecule has 2 heterocycles. The minimum Gasteiger partial charge on any atom is -0.368 e. The van der Waals surface area contributed by atoms with Crippen LogP contribution in [0.15, 0.2) is 0 Å². The molecular formula is C17H29N5O4S. The molecule has 2 rings (SSSR count). The topological polar surface area (TPSA) is 142 Å². The molecule has 4 unspecified atom stereocenters. The molecule has 0 aromatic carbocycles. The van der Waals surface area contributed by atoms with Crippen molar-refractivity contribution >= 4 is 35.5 Å². The smallest absolute Gasteiger partial charge is 0.315 e. The summed E-state index contributed by atoms with van der Waals surface area (Å²) >= 11 is 1.88. The molecule has 2 aliphatic heterocycles. The summed E-state index contributed by atoms with van der Waals surface area (Å²) < 4.78 is 0. The quantitative estimate of drug-likeness (QED) is 0.237. The zero-order valence-electron chi connectivity index (χ0n) is 15.6. The Labute approximate surface area is 163 Å². The van der Waals surface area contributed by atoms with E-state index in [4.69, 9.17) is 5.73 Å². The lowest BCUT2D eigenvalue weighted by Gasteiger charge is -2.16. The summed E-state index contributed by atoms with van der Waals surface area (Å²) in [5, 5.41) is 11.6. The molecule has 0 spiro atoms. The molecule has 9 nitrogen and oxygen atoms in total. The van der Waals surface area contributed by atoms with Crippen LogP contribution >= 0.6 is 11.8 Å². The SMILES string of the molecule is CC(=O)NC(CCCNC(=O)CCCCC1SCC2NC(=O)NC21)C(N)=O. The number of carbonyl (C=O) groups excluding carboxylic acids is 4. The van der Waals surface area contributed by atoms with Crippen LogP contribution in [-0.2, 0) is 14.4 Å². The third-order valence-electron chi connectivity index (χ3n) is 4.79. The number of thioether (sulfide) groups is 1. The van der Waals surface area contributed by atoms with Gasteiger partial charge in [0.05, 0.1) is 12.1 Å². The Morgan fingerprint density at radius 3 is 2.74 bits per heavy atom. The summed E-state index contributed by atoms with van der Waals surface area (Å²) in [5.41, 5.74) is 5.23. The number of primary amides is 1. The highest BCUT2D eigenvalue weighted by Crippen LogP contribution is 2.33. The number of carbonyl (C=O) groups is 4. The van der Waals surface area contributed by atoms with Gasteiger partial charge in [0.2, 0.25) is 17.7 Å². The minimum atomic E-state index is -0.697. The zero-order valence-corrected chi connectivity index (χ0v) is 16.4. The lowest BCUT2D eigenvalue weighted by atomic mass is 10.0. The maximum atomic E-state index is 11.9. The van der Waals surface area contributed by atoms with Gasteiger partial charge in [-0.05, 0) is 25.7 Å². The molecule has 2 aliphatic rings. The van der Waals surface area contributed by atoms with E-state index in [0.717, 1.165) is 25.0 Å². The second-order valence-corrected chi connectivity index (χ2v) is 8.29. The van der Waals surface area contributed by atoms with Gasteiger partial charge in [0, 0.05) is 30.9 Å². The van der Waals surface area contributed by atoms with Crippen molar-refractivity contribution in [3.63, 3.8) is 0 Å². The molecule has 4 atom stereocenters. The van der Waals surface area contributed by atoms with E-state index in [-0.39, 0.29) is 29.9 Å². The van der Waals surface area contributed by atoms with Gasteiger partial charge in [-0.15, -0.1) is 0 Å². The summed E-state index contributed by atoms with van der Waals surface area (Å²) in [5.74, 6) is 0.0527. The van der Waals surface area contributed by atoms with E-state index in [1.165, 1.54) is 6.92 Å². The number of unbranched alkanes of at least 4 members (excludes halogenated alkanes) is 1. The molecule has 0 aromatic rings. The molecule has 10 heteroatoms. The van der Waals surface area contributed by atoms with Gasteiger partial charge in [0.15, 0.2) is 0 Å². The van der Waals surface area contributed by atoms with E-state index in [1.54, 1.807) is 0 Å². The summed E-state index contributed by atoms with van der Waals surface area (Å²) in [6.07, 6.45) is 4.15. The lowest BCUT2D eigenvalue weighted by Crippen LogP contribution is -2.43. The van der Waals surface area contributed by atoms with Crippen molar-refractivity contribution in [3.05, 3.63) is 0 Å². The maximum Gasteiger partial charge on any atom is 0.315 e. The molecule has 5 amide bonds. The van der Waals surface area contributed by atoms with Crippen LogP contribution in [0, 0.1) is 0 Å². The van der Waals surface area contributed by atoms with Crippen LogP contribution in [-0.4, -0.2) is 59.4 Å². The van der Waals surface area contributed by atoms with Gasteiger partial charge < -0.3 is 27.0 Å². The van der Waals surface area contributed by atoms with Gasteiger partial charge in [-0.2, -0.15) is 11.8 Å². The average Bonchev–Trinajstić information content (AvgIpc) is 3.13. The van der Waals surface area contributed by atoms with Crippen molar-refractivity contribution in [1.82, 2.24) is 21.3 Å². The highest BCUT2D eigenvalue weighted by molar-refractivity contribution is 8.00. The first-order valence-electron chi connectivity index (χ1n) is 9.38. The minimum absolute atomic E-state index is 0.0158. The molecule has 0 bridgehead atoms. The molecule has 6 N–H and O–H groups in total. The molecule has 2 saturated heterocycles. The maximum absolute atomic E-state index is 11.9. The third-order valence-corrected chi connectivity index (χ3v) is 6.30. The largest absolute Gasteiger partial charge is 0.368 e. The van der Waals surface area contributed by atoms with E-state index >= 15 is 0 Å². The average molecular weight is 400 g/mol. The van der Waals surface area contributed by atoms with Gasteiger partial charge in [-0.1, -0.05) is 6.42 Å². The Kier molecular flexibility index (Phi) is 8.21. The van der Waals surface area contributed by atoms with E-state index in [9.17, 15) is 19.2 Å². The summed E-state index contributed by atoms with van der Waals surface area (Å²) in [7, 11) is 0. The number of nitrogens with one attached hydrogen (secondary N) is 4. The Hall–Kier alpha value is -1.97. The molecule has 0 aliphatic carbocycles. The Morgan fingerprint density at radius 2 is 2.04 bits per heavy atom. The number of hydrogen-bond donors (Lipinski definition) is 5. The summed E-state index contributed by atoms with van der Waals surface area (Å²) in [4.78, 5) is 45.5. The molecule has 27 heavy (non-hydrogen) atoms. The Bertz CT molecular complexity index is 574. The van der Waals surface area contributed by atoms with Gasteiger partial charge >= 0.3 is 6.03 Å². The normalized spacial score (nSPS) is 24.5. The second kappa shape index (κ2) is 10.4. The Morgan fingerprint density at radius 1 is 1.26 bits per heavy atom. The third kappa shape index (κ3) is 6.93. The number of urea groups is 1. The van der Waals surface area contributed by atoms with Crippen LogP contribution in [0.4, 0.5) is 4.79 Å². The van der Waals surface area contributed by atoms with Crippen molar-refractivity contribution in [2.75, 3.05) is 12.3 Å². The monoisotopic (exact) mass is 399 g/mol. The molecule has 152 valence electrons. The number of fused-ring (bicyclic) bond motifs is 1. The summed E-state index contributed by atoms with van der Waals surface area (Å²) in [6, 6.07) is -0.333. The molecule has 0 aromatic heterocycles. The van der Waals surface area contributed by atoms with E-state index < -0.39 is 11.9 Å². The second-order valence-electron chi connectivity index (χ2n) is 7.02. The number of amides is 5. The fourth-order valence-corrected chi connectivity index (χ4v) is 4.97. The molecule has 0 radical (unpaired) electrons. The van der Waals surface area contributed by atoms with Crippen LogP contribution in [0.2, 0.25) is 0 Å². The first kappa shape index (κ1) is 21.3. The van der Waals surface area contributed by atoms with Crippen molar-refractivity contribution in [2.45, 2.75) is 68.8 Å². The molecule has 0 saturated carbocycles. The number of hydrogen-bond acceptors (Lipinski definition) is 5. The van der Waals surface area contributed by atoms with Crippen LogP contribution in [0.1, 0.15) is 45.4 Å². The van der Waals surface area contributed by atoms with Gasteiger partial charge in [0.1, 0.15) is 6.04 Å². The zero-order chi connectivity index (χ0) is 19.8.